The highest BCUT2D eigenvalue weighted by Gasteiger charge is 2.42. The molecule has 0 radical (unpaired) electrons. The summed E-state index contributed by atoms with van der Waals surface area (Å²) >= 11 is 0. The summed E-state index contributed by atoms with van der Waals surface area (Å²) in [6.07, 6.45) is 5.82. The Hall–Kier alpha value is -1.71. The maximum absolute atomic E-state index is 12.3. The molecule has 1 amide bonds. The molecule has 1 heterocycles. The molecule has 1 aromatic carbocycles. The summed E-state index contributed by atoms with van der Waals surface area (Å²) in [4.78, 5) is 12.3. The lowest BCUT2D eigenvalue weighted by atomic mass is 9.88. The van der Waals surface area contributed by atoms with E-state index < -0.39 is 0 Å². The second-order valence-electron chi connectivity index (χ2n) is 6.51. The van der Waals surface area contributed by atoms with Gasteiger partial charge in [-0.05, 0) is 55.2 Å². The van der Waals surface area contributed by atoms with Crippen LogP contribution in [0.25, 0.3) is 0 Å². The smallest absolute Gasteiger partial charge is 0.231 e. The van der Waals surface area contributed by atoms with E-state index in [0.717, 1.165) is 30.3 Å². The highest BCUT2D eigenvalue weighted by Crippen LogP contribution is 2.48. The van der Waals surface area contributed by atoms with Gasteiger partial charge in [0.15, 0.2) is 11.5 Å². The highest BCUT2D eigenvalue weighted by atomic mass is 16.7. The van der Waals surface area contributed by atoms with Crippen molar-refractivity contribution in [3.63, 3.8) is 0 Å². The fourth-order valence-corrected chi connectivity index (χ4v) is 4.12. The third-order valence-corrected chi connectivity index (χ3v) is 5.22. The molecule has 2 bridgehead atoms. The monoisotopic (exact) mass is 287 g/mol. The third kappa shape index (κ3) is 2.47. The van der Waals surface area contributed by atoms with E-state index in [0.29, 0.717) is 19.3 Å². The lowest BCUT2D eigenvalue weighted by Gasteiger charge is -2.20. The molecule has 0 saturated heterocycles. The van der Waals surface area contributed by atoms with Crippen LogP contribution < -0.4 is 14.8 Å². The predicted octanol–water partition coefficient (Wildman–Crippen LogP) is 2.51. The van der Waals surface area contributed by atoms with Crippen LogP contribution in [0.1, 0.15) is 31.2 Å². The van der Waals surface area contributed by atoms with Crippen molar-refractivity contribution in [2.24, 2.45) is 17.8 Å². The Morgan fingerprint density at radius 3 is 2.90 bits per heavy atom. The SMILES string of the molecule is O=C(NCCc1ccc2c(c1)OCO2)C1CC2CCC1C2. The van der Waals surface area contributed by atoms with Gasteiger partial charge in [-0.25, -0.2) is 0 Å². The lowest BCUT2D eigenvalue weighted by Crippen LogP contribution is -2.34. The van der Waals surface area contributed by atoms with Crippen LogP contribution in [0, 0.1) is 17.8 Å². The van der Waals surface area contributed by atoms with Crippen molar-refractivity contribution in [2.75, 3.05) is 13.3 Å². The molecule has 4 nitrogen and oxygen atoms in total. The van der Waals surface area contributed by atoms with Gasteiger partial charge in [0, 0.05) is 12.5 Å². The minimum Gasteiger partial charge on any atom is -0.454 e. The van der Waals surface area contributed by atoms with Crippen LogP contribution in [-0.2, 0) is 11.2 Å². The molecule has 2 aliphatic carbocycles. The van der Waals surface area contributed by atoms with Crippen LogP contribution in [0.5, 0.6) is 11.5 Å². The van der Waals surface area contributed by atoms with Crippen LogP contribution in [0.4, 0.5) is 0 Å². The van der Waals surface area contributed by atoms with Crippen molar-refractivity contribution in [2.45, 2.75) is 32.1 Å². The topological polar surface area (TPSA) is 47.6 Å². The first-order valence-electron chi connectivity index (χ1n) is 7.96. The summed E-state index contributed by atoms with van der Waals surface area (Å²) in [5.74, 6) is 3.64. The molecule has 21 heavy (non-hydrogen) atoms. The van der Waals surface area contributed by atoms with E-state index in [1.165, 1.54) is 24.8 Å². The maximum atomic E-state index is 12.3. The molecular formula is C17H21NO3. The summed E-state index contributed by atoms with van der Waals surface area (Å²) in [5.41, 5.74) is 1.17. The summed E-state index contributed by atoms with van der Waals surface area (Å²) < 4.78 is 10.7. The fraction of sp³-hybridized carbons (Fsp3) is 0.588. The number of rotatable bonds is 4. The average molecular weight is 287 g/mol. The van der Waals surface area contributed by atoms with E-state index in [9.17, 15) is 4.79 Å². The number of carbonyl (C=O) groups is 1. The van der Waals surface area contributed by atoms with Gasteiger partial charge in [0.1, 0.15) is 0 Å². The molecule has 2 saturated carbocycles. The second-order valence-corrected chi connectivity index (χ2v) is 6.51. The van der Waals surface area contributed by atoms with Crippen LogP contribution in [0.2, 0.25) is 0 Å². The van der Waals surface area contributed by atoms with Gasteiger partial charge in [-0.15, -0.1) is 0 Å². The van der Waals surface area contributed by atoms with Crippen LogP contribution in [-0.4, -0.2) is 19.2 Å². The molecule has 3 unspecified atom stereocenters. The number of carbonyl (C=O) groups excluding carboxylic acids is 1. The van der Waals surface area contributed by atoms with Gasteiger partial charge in [0.25, 0.3) is 0 Å². The Balaban J connectivity index is 1.28. The first-order valence-corrected chi connectivity index (χ1v) is 7.96. The number of hydrogen-bond donors (Lipinski definition) is 1. The van der Waals surface area contributed by atoms with Crippen molar-refractivity contribution in [3.05, 3.63) is 23.8 Å². The number of nitrogens with one attached hydrogen (secondary N) is 1. The Labute approximate surface area is 124 Å². The van der Waals surface area contributed by atoms with Crippen LogP contribution in [0.15, 0.2) is 18.2 Å². The number of benzene rings is 1. The average Bonchev–Trinajstić information content (AvgIpc) is 3.22. The molecular weight excluding hydrogens is 266 g/mol. The van der Waals surface area contributed by atoms with E-state index in [-0.39, 0.29) is 11.8 Å². The van der Waals surface area contributed by atoms with E-state index in [4.69, 9.17) is 9.47 Å². The van der Waals surface area contributed by atoms with Gasteiger partial charge >= 0.3 is 0 Å². The minimum absolute atomic E-state index is 0.267. The molecule has 0 aromatic heterocycles. The summed E-state index contributed by atoms with van der Waals surface area (Å²) in [6.45, 7) is 1.01. The van der Waals surface area contributed by atoms with Crippen molar-refractivity contribution < 1.29 is 14.3 Å². The zero-order valence-electron chi connectivity index (χ0n) is 12.1. The third-order valence-electron chi connectivity index (χ3n) is 5.22. The lowest BCUT2D eigenvalue weighted by molar-refractivity contribution is -0.126. The zero-order chi connectivity index (χ0) is 14.2. The molecule has 4 heteroatoms. The Kier molecular flexibility index (Phi) is 3.24. The molecule has 0 spiro atoms. The second kappa shape index (κ2) is 5.24. The molecule has 112 valence electrons. The van der Waals surface area contributed by atoms with Crippen molar-refractivity contribution in [1.29, 1.82) is 0 Å². The minimum atomic E-state index is 0.267. The van der Waals surface area contributed by atoms with Crippen molar-refractivity contribution >= 4 is 5.91 Å². The van der Waals surface area contributed by atoms with Gasteiger partial charge in [-0.1, -0.05) is 12.5 Å². The molecule has 1 aliphatic heterocycles. The van der Waals surface area contributed by atoms with Gasteiger partial charge in [-0.3, -0.25) is 4.79 Å². The molecule has 4 rings (SSSR count). The predicted molar refractivity (Wildman–Crippen MR) is 78.2 cm³/mol. The quantitative estimate of drug-likeness (QED) is 0.925. The van der Waals surface area contributed by atoms with Gasteiger partial charge in [-0.2, -0.15) is 0 Å². The van der Waals surface area contributed by atoms with Crippen LogP contribution in [0.3, 0.4) is 0 Å². The van der Waals surface area contributed by atoms with Crippen LogP contribution >= 0.6 is 0 Å². The highest BCUT2D eigenvalue weighted by molar-refractivity contribution is 5.79. The van der Waals surface area contributed by atoms with Crippen molar-refractivity contribution in [3.8, 4) is 11.5 Å². The van der Waals surface area contributed by atoms with E-state index in [1.54, 1.807) is 0 Å². The fourth-order valence-electron chi connectivity index (χ4n) is 4.12. The van der Waals surface area contributed by atoms with Gasteiger partial charge in [0.05, 0.1) is 0 Å². The summed E-state index contributed by atoms with van der Waals surface area (Å²) in [6, 6.07) is 5.98. The van der Waals surface area contributed by atoms with E-state index in [2.05, 4.69) is 5.32 Å². The summed E-state index contributed by atoms with van der Waals surface area (Å²) in [5, 5.41) is 3.11. The summed E-state index contributed by atoms with van der Waals surface area (Å²) in [7, 11) is 0. The number of fused-ring (bicyclic) bond motifs is 3. The molecule has 3 atom stereocenters. The molecule has 1 N–H and O–H groups in total. The number of hydrogen-bond acceptors (Lipinski definition) is 3. The van der Waals surface area contributed by atoms with Crippen molar-refractivity contribution in [1.82, 2.24) is 5.32 Å². The van der Waals surface area contributed by atoms with E-state index >= 15 is 0 Å². The normalized spacial score (nSPS) is 28.9. The van der Waals surface area contributed by atoms with E-state index in [1.807, 2.05) is 18.2 Å². The Morgan fingerprint density at radius 2 is 2.10 bits per heavy atom. The Morgan fingerprint density at radius 1 is 1.19 bits per heavy atom. The molecule has 2 fully saturated rings. The Bertz CT molecular complexity index is 557. The number of amides is 1. The molecule has 3 aliphatic rings. The first-order chi connectivity index (χ1) is 10.3. The maximum Gasteiger partial charge on any atom is 0.231 e. The molecule has 1 aromatic rings. The zero-order valence-corrected chi connectivity index (χ0v) is 12.1. The largest absolute Gasteiger partial charge is 0.454 e. The first kappa shape index (κ1) is 13.0. The standard InChI is InChI=1S/C17H21NO3/c19-17(14-8-12-1-3-13(14)7-12)18-6-5-11-2-4-15-16(9-11)21-10-20-15/h2,4,9,12-14H,1,3,5-8,10H2,(H,18,19). The number of ether oxygens (including phenoxy) is 2. The van der Waals surface area contributed by atoms with Gasteiger partial charge in [0.2, 0.25) is 12.7 Å². The van der Waals surface area contributed by atoms with Gasteiger partial charge < -0.3 is 14.8 Å².